The van der Waals surface area contributed by atoms with Crippen LogP contribution in [-0.4, -0.2) is 23.3 Å². The normalized spacial score (nSPS) is 22.2. The zero-order chi connectivity index (χ0) is 9.80. The van der Waals surface area contributed by atoms with Crippen LogP contribution in [0.25, 0.3) is 0 Å². The third-order valence-corrected chi connectivity index (χ3v) is 3.93. The molecule has 1 saturated heterocycles. The average Bonchev–Trinajstić information content (AvgIpc) is 2.23. The Bertz CT molecular complexity index is 283. The van der Waals surface area contributed by atoms with Gasteiger partial charge < -0.3 is 5.32 Å². The fraction of sp³-hybridized carbons (Fsp3) is 0.500. The number of hydrogen-bond acceptors (Lipinski definition) is 3. The molecule has 0 saturated carbocycles. The first-order chi connectivity index (χ1) is 6.84. The number of pyridine rings is 1. The molecular weight excluding hydrogens is 260 g/mol. The molecule has 1 N–H and O–H groups in total. The minimum absolute atomic E-state index is 0.692. The molecular formula is C10H13BrN2S. The Hall–Kier alpha value is -0.0600. The van der Waals surface area contributed by atoms with Crippen molar-refractivity contribution in [3.8, 4) is 0 Å². The van der Waals surface area contributed by atoms with Gasteiger partial charge in [0.1, 0.15) is 0 Å². The largest absolute Gasteiger partial charge is 0.316 e. The number of halogens is 1. The van der Waals surface area contributed by atoms with Crippen molar-refractivity contribution >= 4 is 27.7 Å². The smallest absolute Gasteiger partial charge is 0.0963 e. The summed E-state index contributed by atoms with van der Waals surface area (Å²) in [6.07, 6.45) is 4.45. The number of aromatic nitrogens is 1. The first kappa shape index (κ1) is 10.5. The Morgan fingerprint density at radius 3 is 3.07 bits per heavy atom. The molecule has 2 heterocycles. The minimum atomic E-state index is 0.692. The Morgan fingerprint density at radius 2 is 2.43 bits per heavy atom. The summed E-state index contributed by atoms with van der Waals surface area (Å²) in [7, 11) is 0. The lowest BCUT2D eigenvalue weighted by Gasteiger charge is -2.21. The topological polar surface area (TPSA) is 24.9 Å². The monoisotopic (exact) mass is 272 g/mol. The van der Waals surface area contributed by atoms with Crippen LogP contribution in [0.15, 0.2) is 27.8 Å². The van der Waals surface area contributed by atoms with Crippen LogP contribution in [0.3, 0.4) is 0 Å². The summed E-state index contributed by atoms with van der Waals surface area (Å²) >= 11 is 5.27. The molecule has 2 rings (SSSR count). The standard InChI is InChI=1S/C10H13BrN2S/c11-8-3-4-10(13-6-8)14-9-2-1-5-12-7-9/h3-4,6,9,12H,1-2,5,7H2. The molecule has 0 amide bonds. The number of piperidine rings is 1. The molecule has 2 nitrogen and oxygen atoms in total. The van der Waals surface area contributed by atoms with Crippen LogP contribution in [0.5, 0.6) is 0 Å². The average molecular weight is 273 g/mol. The van der Waals surface area contributed by atoms with Gasteiger partial charge in [-0.25, -0.2) is 4.98 Å². The predicted molar refractivity (Wildman–Crippen MR) is 63.7 cm³/mol. The highest BCUT2D eigenvalue weighted by Gasteiger charge is 2.14. The first-order valence-corrected chi connectivity index (χ1v) is 6.51. The quantitative estimate of drug-likeness (QED) is 0.896. The van der Waals surface area contributed by atoms with E-state index < -0.39 is 0 Å². The van der Waals surface area contributed by atoms with Gasteiger partial charge in [0.2, 0.25) is 0 Å². The Kier molecular flexibility index (Phi) is 3.84. The highest BCUT2D eigenvalue weighted by Crippen LogP contribution is 2.26. The van der Waals surface area contributed by atoms with Gasteiger partial charge in [0.25, 0.3) is 0 Å². The predicted octanol–water partition coefficient (Wildman–Crippen LogP) is 2.69. The van der Waals surface area contributed by atoms with Crippen LogP contribution in [0.1, 0.15) is 12.8 Å². The number of nitrogens with zero attached hydrogens (tertiary/aromatic N) is 1. The third kappa shape index (κ3) is 2.97. The molecule has 1 aromatic rings. The van der Waals surface area contributed by atoms with Crippen molar-refractivity contribution in [3.05, 3.63) is 22.8 Å². The van der Waals surface area contributed by atoms with Gasteiger partial charge in [-0.2, -0.15) is 0 Å². The van der Waals surface area contributed by atoms with Gasteiger partial charge in [-0.3, -0.25) is 0 Å². The second-order valence-corrected chi connectivity index (χ2v) is 5.64. The molecule has 76 valence electrons. The van der Waals surface area contributed by atoms with Crippen LogP contribution in [0, 0.1) is 0 Å². The van der Waals surface area contributed by atoms with Gasteiger partial charge in [-0.15, -0.1) is 11.8 Å². The summed E-state index contributed by atoms with van der Waals surface area (Å²) in [6.45, 7) is 2.28. The van der Waals surface area contributed by atoms with E-state index in [-0.39, 0.29) is 0 Å². The van der Waals surface area contributed by atoms with E-state index in [1.807, 2.05) is 24.0 Å². The molecule has 0 spiro atoms. The number of nitrogens with one attached hydrogen (secondary N) is 1. The van der Waals surface area contributed by atoms with E-state index in [1.54, 1.807) is 0 Å². The molecule has 0 aliphatic carbocycles. The molecule has 4 heteroatoms. The summed E-state index contributed by atoms with van der Waals surface area (Å²) in [5.74, 6) is 0. The van der Waals surface area contributed by atoms with Crippen molar-refractivity contribution in [2.24, 2.45) is 0 Å². The van der Waals surface area contributed by atoms with Gasteiger partial charge in [0.15, 0.2) is 0 Å². The van der Waals surface area contributed by atoms with Crippen molar-refractivity contribution in [3.63, 3.8) is 0 Å². The van der Waals surface area contributed by atoms with Gasteiger partial charge in [-0.05, 0) is 47.4 Å². The zero-order valence-electron chi connectivity index (χ0n) is 7.87. The van der Waals surface area contributed by atoms with Crippen molar-refractivity contribution in [2.75, 3.05) is 13.1 Å². The van der Waals surface area contributed by atoms with Gasteiger partial charge >= 0.3 is 0 Å². The second-order valence-electron chi connectivity index (χ2n) is 3.40. The zero-order valence-corrected chi connectivity index (χ0v) is 10.3. The van der Waals surface area contributed by atoms with Crippen LogP contribution in [0.4, 0.5) is 0 Å². The molecule has 1 atom stereocenters. The molecule has 0 aromatic carbocycles. The summed E-state index contributed by atoms with van der Waals surface area (Å²) in [4.78, 5) is 4.36. The van der Waals surface area contributed by atoms with Crippen molar-refractivity contribution in [1.29, 1.82) is 0 Å². The number of rotatable bonds is 2. The maximum absolute atomic E-state index is 4.36. The fourth-order valence-electron chi connectivity index (χ4n) is 1.52. The molecule has 1 aromatic heterocycles. The molecule has 1 aliphatic heterocycles. The maximum Gasteiger partial charge on any atom is 0.0963 e. The summed E-state index contributed by atoms with van der Waals surface area (Å²) < 4.78 is 1.05. The van der Waals surface area contributed by atoms with E-state index >= 15 is 0 Å². The third-order valence-electron chi connectivity index (χ3n) is 2.24. The molecule has 1 unspecified atom stereocenters. The molecule has 14 heavy (non-hydrogen) atoms. The molecule has 1 fully saturated rings. The van der Waals surface area contributed by atoms with E-state index in [0.717, 1.165) is 16.0 Å². The molecule has 0 bridgehead atoms. The Labute approximate surface area is 97.0 Å². The lowest BCUT2D eigenvalue weighted by Crippen LogP contribution is -2.31. The summed E-state index contributed by atoms with van der Waals surface area (Å²) in [5.41, 5.74) is 0. The van der Waals surface area contributed by atoms with Crippen molar-refractivity contribution in [1.82, 2.24) is 10.3 Å². The SMILES string of the molecule is Brc1ccc(SC2CCCNC2)nc1. The molecule has 1 aliphatic rings. The number of hydrogen-bond donors (Lipinski definition) is 1. The number of thioether (sulfide) groups is 1. The van der Waals surface area contributed by atoms with Crippen LogP contribution >= 0.6 is 27.7 Å². The van der Waals surface area contributed by atoms with E-state index in [9.17, 15) is 0 Å². The highest BCUT2D eigenvalue weighted by molar-refractivity contribution is 9.10. The van der Waals surface area contributed by atoms with Crippen LogP contribution in [0.2, 0.25) is 0 Å². The highest BCUT2D eigenvalue weighted by atomic mass is 79.9. The molecule has 0 radical (unpaired) electrons. The van der Waals surface area contributed by atoms with Gasteiger partial charge in [0.05, 0.1) is 5.03 Å². The Balaban J connectivity index is 1.92. The summed E-state index contributed by atoms with van der Waals surface area (Å²) in [6, 6.07) is 4.12. The van der Waals surface area contributed by atoms with Crippen LogP contribution in [-0.2, 0) is 0 Å². The van der Waals surface area contributed by atoms with Crippen LogP contribution < -0.4 is 5.32 Å². The first-order valence-electron chi connectivity index (χ1n) is 4.83. The van der Waals surface area contributed by atoms with Gasteiger partial charge in [0, 0.05) is 22.5 Å². The fourth-order valence-corrected chi connectivity index (χ4v) is 2.85. The minimum Gasteiger partial charge on any atom is -0.316 e. The van der Waals surface area contributed by atoms with E-state index in [2.05, 4.69) is 32.3 Å². The van der Waals surface area contributed by atoms with Crippen molar-refractivity contribution < 1.29 is 0 Å². The lowest BCUT2D eigenvalue weighted by atomic mass is 10.2. The van der Waals surface area contributed by atoms with Crippen molar-refractivity contribution in [2.45, 2.75) is 23.1 Å². The second kappa shape index (κ2) is 5.14. The van der Waals surface area contributed by atoms with E-state index in [0.29, 0.717) is 5.25 Å². The van der Waals surface area contributed by atoms with E-state index in [4.69, 9.17) is 0 Å². The maximum atomic E-state index is 4.36. The lowest BCUT2D eigenvalue weighted by molar-refractivity contribution is 0.531. The Morgan fingerprint density at radius 1 is 1.50 bits per heavy atom. The van der Waals surface area contributed by atoms with Gasteiger partial charge in [-0.1, -0.05) is 0 Å². The summed E-state index contributed by atoms with van der Waals surface area (Å²) in [5, 5.41) is 5.23. The van der Waals surface area contributed by atoms with E-state index in [1.165, 1.54) is 19.4 Å².